The molecule has 266 valence electrons. The lowest BCUT2D eigenvalue weighted by molar-refractivity contribution is 0.660. The van der Waals surface area contributed by atoms with E-state index in [0.29, 0.717) is 0 Å². The van der Waals surface area contributed by atoms with Crippen molar-refractivity contribution in [3.05, 3.63) is 223 Å². The third-order valence-corrected chi connectivity index (χ3v) is 9.37. The van der Waals surface area contributed by atoms with E-state index in [0.717, 1.165) is 47.4 Å². The molecule has 0 N–H and O–H groups in total. The van der Waals surface area contributed by atoms with Crippen LogP contribution in [0.5, 0.6) is 0 Å². The Labute approximate surface area is 372 Å². The minimum atomic E-state index is -3.56. The van der Waals surface area contributed by atoms with Crippen molar-refractivity contribution in [3.8, 4) is 55.6 Å². The summed E-state index contributed by atoms with van der Waals surface area (Å²) in [5, 5.41) is -1.13. The minimum Gasteiger partial charge on any atom is -0.310 e. The zero-order chi connectivity index (χ0) is 63.5. The van der Waals surface area contributed by atoms with Crippen molar-refractivity contribution < 1.29 is 41.1 Å². The number of fused-ring (bicyclic) bond motifs is 4. The quantitative estimate of drug-likeness (QED) is 0.157. The Bertz CT molecular complexity index is 4460. The third-order valence-electron chi connectivity index (χ3n) is 9.37. The van der Waals surface area contributed by atoms with Crippen molar-refractivity contribution in [1.29, 1.82) is 0 Å². The van der Waals surface area contributed by atoms with Crippen molar-refractivity contribution in [1.82, 2.24) is 0 Å². The molecule has 0 aliphatic heterocycles. The molecular weight excluding hydrogens is 675 g/mol. The summed E-state index contributed by atoms with van der Waals surface area (Å²) in [7, 11) is 0. The van der Waals surface area contributed by atoms with Gasteiger partial charge in [-0.2, -0.15) is 0 Å². The van der Waals surface area contributed by atoms with Gasteiger partial charge in [0.2, 0.25) is 0 Å². The van der Waals surface area contributed by atoms with Crippen LogP contribution in [-0.4, -0.2) is 0 Å². The van der Waals surface area contributed by atoms with Gasteiger partial charge < -0.3 is 4.90 Å². The molecule has 1 aliphatic carbocycles. The first-order valence-corrected chi connectivity index (χ1v) is 17.1. The summed E-state index contributed by atoms with van der Waals surface area (Å²) in [6, 6.07) is -6.20. The van der Waals surface area contributed by atoms with Crippen LogP contribution in [0.4, 0.5) is 17.1 Å². The standard InChI is InChI=1S/C55H41N/c1-55(2)51-26-13-11-24-47(51)48-34-33-43(37-52(48)55)42-19-15-22-45(36-42)56(44-20-7-4-8-21-44)53-27-14-12-25-49(53)50-35-32-40-18-9-10-23-46(40)54(50)41-30-28-39(29-31-41)38-16-5-3-6-17-38/h3-37H,1-2H3/i1D3,2D3,3D,4D,5D,6D,7D,9D,10D,11D,12D,14D,16D,17D,18D,20D,23D,24D,27D,28D,30D,32D,33D,34D,35D,37D. The lowest BCUT2D eigenvalue weighted by Crippen LogP contribution is -2.14. The van der Waals surface area contributed by atoms with Gasteiger partial charge in [0, 0.05) is 30.6 Å². The van der Waals surface area contributed by atoms with E-state index < -0.39 is 242 Å². The van der Waals surface area contributed by atoms with E-state index >= 15 is 0 Å². The number of hydrogen-bond donors (Lipinski definition) is 0. The molecule has 1 nitrogen and oxygen atoms in total. The predicted octanol–water partition coefficient (Wildman–Crippen LogP) is 15.3. The second kappa shape index (κ2) is 13.7. The summed E-state index contributed by atoms with van der Waals surface area (Å²) in [4.78, 5) is 1.03. The first kappa shape index (κ1) is 14.6. The summed E-state index contributed by atoms with van der Waals surface area (Å²) >= 11 is 0. The molecule has 0 amide bonds. The normalized spacial score (nSPS) is 20.6. The van der Waals surface area contributed by atoms with Crippen LogP contribution in [0, 0.1) is 0 Å². The van der Waals surface area contributed by atoms with Gasteiger partial charge in [-0.05, 0) is 108 Å². The molecule has 1 heteroatoms. The van der Waals surface area contributed by atoms with Gasteiger partial charge in [0.05, 0.1) is 38.6 Å². The van der Waals surface area contributed by atoms with Crippen LogP contribution in [-0.2, 0) is 5.41 Å². The SMILES string of the molecule is [2H]c1ccc(N(c2cccc(-c3c([2H])c([2H])c4c(c3[2H])C(C([2H])([2H])[2H])(C([2H])([2H])[2H])c3ccc([2H])c([2H])c3-4)c2)c2c(-c3c([2H])c([2H])c4c([2H])c([2H])c([2H])c([2H])c4c3-c3ccc(-c4c([2H])c([2H])c([2H])c([2H])c4[2H])c([2H])c3[2H])cc([2H])c([2H])c2[2H])c([2H])c1[2H]. The highest BCUT2D eigenvalue weighted by Crippen LogP contribution is 2.50. The highest BCUT2D eigenvalue weighted by atomic mass is 15.1. The van der Waals surface area contributed by atoms with Crippen molar-refractivity contribution in [2.75, 3.05) is 4.90 Å². The summed E-state index contributed by atoms with van der Waals surface area (Å²) in [6.45, 7) is -7.11. The maximum absolute atomic E-state index is 9.84. The van der Waals surface area contributed by atoms with Crippen LogP contribution < -0.4 is 4.90 Å². The number of benzene rings is 9. The zero-order valence-corrected chi connectivity index (χ0v) is 28.8. The summed E-state index contributed by atoms with van der Waals surface area (Å²) in [6.07, 6.45) is 0. The van der Waals surface area contributed by atoms with Crippen LogP contribution in [0.2, 0.25) is 0 Å². The molecule has 0 bridgehead atoms. The average molecular weight is 746 g/mol. The molecule has 9 aromatic carbocycles. The van der Waals surface area contributed by atoms with Gasteiger partial charge in [-0.1, -0.05) is 189 Å². The molecule has 0 radical (unpaired) electrons. The number of nitrogens with zero attached hydrogens (tertiary/aromatic N) is 1. The number of rotatable bonds is 7. The van der Waals surface area contributed by atoms with E-state index in [-0.39, 0.29) is 16.8 Å². The fourth-order valence-electron chi connectivity index (χ4n) is 6.82. The number of hydrogen-bond acceptors (Lipinski definition) is 1. The van der Waals surface area contributed by atoms with Crippen LogP contribution in [0.15, 0.2) is 212 Å². The second-order valence-electron chi connectivity index (χ2n) is 12.6. The molecule has 1 aliphatic rings. The van der Waals surface area contributed by atoms with Gasteiger partial charge in [-0.3, -0.25) is 0 Å². The lowest BCUT2D eigenvalue weighted by atomic mass is 9.81. The highest BCUT2D eigenvalue weighted by Gasteiger charge is 2.35. The Balaban J connectivity index is 1.35. The fraction of sp³-hybridized carbons (Fsp3) is 0.0545. The first-order valence-electron chi connectivity index (χ1n) is 32.1. The Kier molecular flexibility index (Phi) is 3.58. The predicted molar refractivity (Wildman–Crippen MR) is 238 cm³/mol. The second-order valence-corrected chi connectivity index (χ2v) is 12.6. The first-order chi connectivity index (χ1) is 40.0. The van der Waals surface area contributed by atoms with Gasteiger partial charge in [0.1, 0.15) is 0 Å². The van der Waals surface area contributed by atoms with Gasteiger partial charge in [0.15, 0.2) is 0 Å². The van der Waals surface area contributed by atoms with E-state index in [1.165, 1.54) is 24.3 Å². The van der Waals surface area contributed by atoms with Crippen LogP contribution in [0.25, 0.3) is 66.4 Å². The summed E-state index contributed by atoms with van der Waals surface area (Å²) < 4.78 is 270. The van der Waals surface area contributed by atoms with Gasteiger partial charge in [-0.15, -0.1) is 0 Å². The lowest BCUT2D eigenvalue weighted by Gasteiger charge is -2.29. The van der Waals surface area contributed by atoms with Gasteiger partial charge >= 0.3 is 0 Å². The molecule has 9 aromatic rings. The van der Waals surface area contributed by atoms with Crippen molar-refractivity contribution in [3.63, 3.8) is 0 Å². The molecule has 56 heavy (non-hydrogen) atoms. The Morgan fingerprint density at radius 2 is 1.20 bits per heavy atom. The molecule has 10 rings (SSSR count). The average Bonchev–Trinajstić information content (AvgIpc) is 1.47. The van der Waals surface area contributed by atoms with E-state index in [2.05, 4.69) is 0 Å². The van der Waals surface area contributed by atoms with Crippen molar-refractivity contribution in [2.24, 2.45) is 0 Å². The molecule has 0 unspecified atom stereocenters. The van der Waals surface area contributed by atoms with Gasteiger partial charge in [-0.25, -0.2) is 0 Å². The zero-order valence-electron chi connectivity index (χ0n) is 58.8. The third kappa shape index (κ3) is 5.72. The fourth-order valence-corrected chi connectivity index (χ4v) is 6.82. The molecule has 0 fully saturated rings. The van der Waals surface area contributed by atoms with E-state index in [9.17, 15) is 13.7 Å². The molecule has 0 spiro atoms. The van der Waals surface area contributed by atoms with Crippen LogP contribution >= 0.6 is 0 Å². The molecule has 0 atom stereocenters. The van der Waals surface area contributed by atoms with Crippen LogP contribution in [0.1, 0.15) is 66.0 Å². The van der Waals surface area contributed by atoms with E-state index in [1.807, 2.05) is 0 Å². The smallest absolute Gasteiger partial charge is 0.0645 e. The minimum absolute atomic E-state index is 0.240. The van der Waals surface area contributed by atoms with Crippen molar-refractivity contribution in [2.45, 2.75) is 19.1 Å². The van der Waals surface area contributed by atoms with Crippen molar-refractivity contribution >= 4 is 27.8 Å². The monoisotopic (exact) mass is 746 g/mol. The van der Waals surface area contributed by atoms with E-state index in [4.69, 9.17) is 27.4 Å². The Hall–Kier alpha value is -6.96. The summed E-state index contributed by atoms with van der Waals surface area (Å²) in [5.41, 5.74) is -10.4. The largest absolute Gasteiger partial charge is 0.310 e. The molecule has 0 aromatic heterocycles. The highest BCUT2D eigenvalue weighted by molar-refractivity contribution is 6.06. The maximum atomic E-state index is 9.84. The molecular formula is C55H41N. The molecule has 0 saturated heterocycles. The Morgan fingerprint density at radius 1 is 0.446 bits per heavy atom. The number of anilines is 3. The number of para-hydroxylation sites is 2. The van der Waals surface area contributed by atoms with E-state index in [1.54, 1.807) is 0 Å². The maximum Gasteiger partial charge on any atom is 0.0645 e. The molecule has 0 saturated carbocycles. The molecule has 0 heterocycles. The van der Waals surface area contributed by atoms with Crippen LogP contribution in [0.3, 0.4) is 0 Å². The topological polar surface area (TPSA) is 3.24 Å². The summed E-state index contributed by atoms with van der Waals surface area (Å²) in [5.74, 6) is 0. The Morgan fingerprint density at radius 3 is 2.12 bits per heavy atom. The van der Waals surface area contributed by atoms with Gasteiger partial charge in [0.25, 0.3) is 0 Å².